The standard InChI is InChI=1S/C22H27N5O6/c1-22(2,3)33-20(30)23-9-10-26-17-15(11-24-26)16-12-25(18(17)19(28)29)21(31)27(16)32-13-14-7-5-4-6-8-14/h4-8,11,16,18H,9-10,12-13H2,1-3H3,(H,23,30)(H,28,29). The van der Waals surface area contributed by atoms with E-state index in [0.717, 1.165) is 5.56 Å². The van der Waals surface area contributed by atoms with Gasteiger partial charge in [0.25, 0.3) is 0 Å². The Morgan fingerprint density at radius 1 is 1.24 bits per heavy atom. The van der Waals surface area contributed by atoms with Crippen molar-refractivity contribution in [1.82, 2.24) is 25.1 Å². The minimum absolute atomic E-state index is 0.179. The average Bonchev–Trinajstić information content (AvgIpc) is 3.27. The number of carbonyl (C=O) groups is 3. The van der Waals surface area contributed by atoms with Crippen molar-refractivity contribution in [3.8, 4) is 0 Å². The molecular weight excluding hydrogens is 430 g/mol. The summed E-state index contributed by atoms with van der Waals surface area (Å²) in [7, 11) is 0. The van der Waals surface area contributed by atoms with Crippen LogP contribution in [0.2, 0.25) is 0 Å². The van der Waals surface area contributed by atoms with Crippen LogP contribution in [0, 0.1) is 0 Å². The number of urea groups is 1. The lowest BCUT2D eigenvalue weighted by atomic mass is 9.98. The number of hydrogen-bond donors (Lipinski definition) is 2. The van der Waals surface area contributed by atoms with Crippen LogP contribution in [0.15, 0.2) is 36.5 Å². The summed E-state index contributed by atoms with van der Waals surface area (Å²) in [6, 6.07) is 7.23. The number of aromatic nitrogens is 2. The normalized spacial score (nSPS) is 19.4. The summed E-state index contributed by atoms with van der Waals surface area (Å²) in [5.41, 5.74) is 1.29. The number of alkyl carbamates (subject to hydrolysis) is 1. The molecule has 3 heterocycles. The summed E-state index contributed by atoms with van der Waals surface area (Å²) in [5.74, 6) is -1.16. The predicted octanol–water partition coefficient (Wildman–Crippen LogP) is 2.46. The Morgan fingerprint density at radius 3 is 2.64 bits per heavy atom. The second-order valence-corrected chi connectivity index (χ2v) is 8.91. The van der Waals surface area contributed by atoms with E-state index in [1.807, 2.05) is 30.3 Å². The fourth-order valence-corrected chi connectivity index (χ4v) is 4.02. The molecule has 1 aromatic carbocycles. The number of hydroxylamine groups is 2. The van der Waals surface area contributed by atoms with Crippen molar-refractivity contribution in [2.75, 3.05) is 13.1 Å². The Kier molecular flexibility index (Phi) is 5.98. The van der Waals surface area contributed by atoms with Gasteiger partial charge in [0.1, 0.15) is 18.2 Å². The molecule has 0 radical (unpaired) electrons. The molecule has 2 bridgehead atoms. The van der Waals surface area contributed by atoms with Gasteiger partial charge in [0, 0.05) is 12.1 Å². The van der Waals surface area contributed by atoms with Crippen molar-refractivity contribution in [1.29, 1.82) is 0 Å². The molecular formula is C22H27N5O6. The van der Waals surface area contributed by atoms with Gasteiger partial charge in [-0.3, -0.25) is 9.52 Å². The Balaban J connectivity index is 1.51. The third-order valence-corrected chi connectivity index (χ3v) is 5.37. The molecule has 33 heavy (non-hydrogen) atoms. The van der Waals surface area contributed by atoms with Crippen LogP contribution in [0.1, 0.15) is 49.7 Å². The Labute approximate surface area is 190 Å². The monoisotopic (exact) mass is 457 g/mol. The van der Waals surface area contributed by atoms with E-state index in [9.17, 15) is 19.5 Å². The smallest absolute Gasteiger partial charge is 0.407 e. The highest BCUT2D eigenvalue weighted by molar-refractivity contribution is 5.86. The number of rotatable bonds is 7. The number of benzene rings is 1. The van der Waals surface area contributed by atoms with E-state index >= 15 is 0 Å². The number of aliphatic carboxylic acids is 1. The van der Waals surface area contributed by atoms with Crippen LogP contribution in [0.3, 0.4) is 0 Å². The highest BCUT2D eigenvalue weighted by Crippen LogP contribution is 2.44. The molecule has 1 fully saturated rings. The molecule has 2 aromatic rings. The number of carbonyl (C=O) groups excluding carboxylic acids is 2. The largest absolute Gasteiger partial charge is 0.479 e. The van der Waals surface area contributed by atoms with E-state index in [2.05, 4.69) is 10.4 Å². The van der Waals surface area contributed by atoms with E-state index in [0.29, 0.717) is 11.3 Å². The first-order valence-corrected chi connectivity index (χ1v) is 10.7. The first-order valence-electron chi connectivity index (χ1n) is 10.7. The van der Waals surface area contributed by atoms with Crippen LogP contribution in [0.5, 0.6) is 0 Å². The number of nitrogens with one attached hydrogen (secondary N) is 1. The Bertz CT molecular complexity index is 1050. The molecule has 4 rings (SSSR count). The van der Waals surface area contributed by atoms with Gasteiger partial charge >= 0.3 is 18.1 Å². The summed E-state index contributed by atoms with van der Waals surface area (Å²) >= 11 is 0. The lowest BCUT2D eigenvalue weighted by Gasteiger charge is -2.28. The number of amides is 3. The van der Waals surface area contributed by atoms with E-state index in [4.69, 9.17) is 9.57 Å². The lowest BCUT2D eigenvalue weighted by Crippen LogP contribution is -2.40. The summed E-state index contributed by atoms with van der Waals surface area (Å²) in [4.78, 5) is 44.1. The first-order chi connectivity index (χ1) is 15.7. The van der Waals surface area contributed by atoms with Gasteiger partial charge in [-0.25, -0.2) is 14.4 Å². The molecule has 0 spiro atoms. The molecule has 0 aliphatic carbocycles. The highest BCUT2D eigenvalue weighted by atomic mass is 16.7. The number of ether oxygens (including phenoxy) is 1. The van der Waals surface area contributed by atoms with Crippen LogP contribution in [-0.4, -0.2) is 61.6 Å². The van der Waals surface area contributed by atoms with Gasteiger partial charge in [-0.05, 0) is 26.3 Å². The molecule has 11 nitrogen and oxygen atoms in total. The maximum Gasteiger partial charge on any atom is 0.407 e. The highest BCUT2D eigenvalue weighted by Gasteiger charge is 2.53. The molecule has 3 amide bonds. The summed E-state index contributed by atoms with van der Waals surface area (Å²) in [5, 5.41) is 18.1. The van der Waals surface area contributed by atoms with Crippen molar-refractivity contribution in [2.45, 2.75) is 51.6 Å². The van der Waals surface area contributed by atoms with Crippen molar-refractivity contribution in [3.63, 3.8) is 0 Å². The first kappa shape index (κ1) is 22.6. The van der Waals surface area contributed by atoms with Crippen LogP contribution < -0.4 is 5.32 Å². The number of carboxylic acids is 1. The zero-order valence-corrected chi connectivity index (χ0v) is 18.7. The van der Waals surface area contributed by atoms with Gasteiger partial charge in [-0.1, -0.05) is 30.3 Å². The van der Waals surface area contributed by atoms with Crippen LogP contribution in [-0.2, 0) is 27.5 Å². The average molecular weight is 457 g/mol. The van der Waals surface area contributed by atoms with Crippen molar-refractivity contribution < 1.29 is 29.1 Å². The van der Waals surface area contributed by atoms with Crippen LogP contribution in [0.25, 0.3) is 0 Å². The molecule has 11 heteroatoms. The van der Waals surface area contributed by atoms with Gasteiger partial charge < -0.3 is 20.1 Å². The maximum absolute atomic E-state index is 13.0. The summed E-state index contributed by atoms with van der Waals surface area (Å²) in [6.07, 6.45) is 0.996. The van der Waals surface area contributed by atoms with Gasteiger partial charge in [0.05, 0.1) is 25.0 Å². The molecule has 0 saturated carbocycles. The van der Waals surface area contributed by atoms with E-state index in [1.54, 1.807) is 27.0 Å². The molecule has 2 aliphatic heterocycles. The minimum atomic E-state index is -1.20. The zero-order valence-electron chi connectivity index (χ0n) is 18.7. The predicted molar refractivity (Wildman–Crippen MR) is 115 cm³/mol. The number of nitrogens with zero attached hydrogens (tertiary/aromatic N) is 4. The van der Waals surface area contributed by atoms with Crippen molar-refractivity contribution in [3.05, 3.63) is 53.3 Å². The fraction of sp³-hybridized carbons (Fsp3) is 0.455. The van der Waals surface area contributed by atoms with Gasteiger partial charge in [-0.2, -0.15) is 10.2 Å². The number of carboxylic acid groups (broad SMARTS) is 1. The third kappa shape index (κ3) is 4.63. The topological polar surface area (TPSA) is 126 Å². The van der Waals surface area contributed by atoms with Crippen molar-refractivity contribution in [2.24, 2.45) is 0 Å². The van der Waals surface area contributed by atoms with Crippen LogP contribution >= 0.6 is 0 Å². The SMILES string of the molecule is CC(C)(C)OC(=O)NCCn1ncc2c1C(C(=O)O)N1CC2N(OCc2ccccc2)C1=O. The maximum atomic E-state index is 13.0. The Hall–Kier alpha value is -3.60. The second kappa shape index (κ2) is 8.74. The van der Waals surface area contributed by atoms with Crippen LogP contribution in [0.4, 0.5) is 9.59 Å². The third-order valence-electron chi connectivity index (χ3n) is 5.37. The van der Waals surface area contributed by atoms with E-state index < -0.39 is 35.8 Å². The molecule has 2 unspecified atom stereocenters. The summed E-state index contributed by atoms with van der Waals surface area (Å²) < 4.78 is 6.73. The molecule has 1 saturated heterocycles. The molecule has 1 aromatic heterocycles. The van der Waals surface area contributed by atoms with Crippen molar-refractivity contribution >= 4 is 18.1 Å². The fourth-order valence-electron chi connectivity index (χ4n) is 4.02. The van der Waals surface area contributed by atoms with E-state index in [1.165, 1.54) is 14.6 Å². The van der Waals surface area contributed by atoms with E-state index in [-0.39, 0.29) is 26.2 Å². The molecule has 176 valence electrons. The molecule has 2 aliphatic rings. The molecule has 2 N–H and O–H groups in total. The van der Waals surface area contributed by atoms with Gasteiger partial charge in [0.2, 0.25) is 0 Å². The quantitative estimate of drug-likeness (QED) is 0.654. The summed E-state index contributed by atoms with van der Waals surface area (Å²) in [6.45, 7) is 6.07. The Morgan fingerprint density at radius 2 is 1.97 bits per heavy atom. The van der Waals surface area contributed by atoms with Gasteiger partial charge in [0.15, 0.2) is 6.04 Å². The minimum Gasteiger partial charge on any atom is -0.479 e. The second-order valence-electron chi connectivity index (χ2n) is 8.91. The number of fused-ring (bicyclic) bond motifs is 4. The zero-order chi connectivity index (χ0) is 23.8. The molecule has 2 atom stereocenters. The van der Waals surface area contributed by atoms with Gasteiger partial charge in [-0.15, -0.1) is 0 Å². The number of hydrogen-bond acceptors (Lipinski definition) is 6. The lowest BCUT2D eigenvalue weighted by molar-refractivity contribution is -0.143.